The Kier molecular flexibility index (Phi) is 3.51. The van der Waals surface area contributed by atoms with Crippen molar-refractivity contribution in [1.29, 1.82) is 0 Å². The summed E-state index contributed by atoms with van der Waals surface area (Å²) >= 11 is 0. The number of aryl methyl sites for hydroxylation is 1. The van der Waals surface area contributed by atoms with Crippen LogP contribution < -0.4 is 10.2 Å². The minimum absolute atomic E-state index is 0.0899. The van der Waals surface area contributed by atoms with Gasteiger partial charge in [-0.2, -0.15) is 0 Å². The SMILES string of the molecule is CC1(C)CCc2cc(-c3ccc(B(O)O)cc3)ccc2O1. The molecule has 0 bridgehead atoms. The predicted octanol–water partition coefficient (Wildman–Crippen LogP) is 2.14. The molecule has 2 N–H and O–H groups in total. The summed E-state index contributed by atoms with van der Waals surface area (Å²) in [7, 11) is -1.42. The summed E-state index contributed by atoms with van der Waals surface area (Å²) < 4.78 is 5.99. The van der Waals surface area contributed by atoms with Gasteiger partial charge in [0.1, 0.15) is 11.4 Å². The first-order chi connectivity index (χ1) is 9.94. The Hall–Kier alpha value is -1.78. The van der Waals surface area contributed by atoms with Crippen LogP contribution in [0, 0.1) is 0 Å². The van der Waals surface area contributed by atoms with Crippen LogP contribution in [-0.4, -0.2) is 22.8 Å². The van der Waals surface area contributed by atoms with Crippen LogP contribution in [0.25, 0.3) is 11.1 Å². The molecule has 0 amide bonds. The number of ether oxygens (including phenoxy) is 1. The first-order valence-corrected chi connectivity index (χ1v) is 7.23. The van der Waals surface area contributed by atoms with Crippen molar-refractivity contribution in [1.82, 2.24) is 0 Å². The molecule has 0 saturated heterocycles. The second kappa shape index (κ2) is 5.21. The second-order valence-electron chi connectivity index (χ2n) is 6.18. The molecule has 3 nitrogen and oxygen atoms in total. The maximum absolute atomic E-state index is 9.13. The molecule has 0 aliphatic carbocycles. The highest BCUT2D eigenvalue weighted by atomic mass is 16.5. The lowest BCUT2D eigenvalue weighted by atomic mass is 9.80. The van der Waals surface area contributed by atoms with E-state index in [1.54, 1.807) is 12.1 Å². The molecule has 0 aromatic heterocycles. The normalized spacial score (nSPS) is 16.0. The Morgan fingerprint density at radius 3 is 2.33 bits per heavy atom. The number of benzene rings is 2. The maximum atomic E-state index is 9.13. The van der Waals surface area contributed by atoms with Gasteiger partial charge in [0.2, 0.25) is 0 Å². The molecule has 2 aromatic rings. The highest BCUT2D eigenvalue weighted by Crippen LogP contribution is 2.35. The third kappa shape index (κ3) is 2.97. The zero-order valence-corrected chi connectivity index (χ0v) is 12.3. The van der Waals surface area contributed by atoms with Gasteiger partial charge in [-0.15, -0.1) is 0 Å². The van der Waals surface area contributed by atoms with E-state index in [-0.39, 0.29) is 5.60 Å². The van der Waals surface area contributed by atoms with Crippen molar-refractivity contribution < 1.29 is 14.8 Å². The first-order valence-electron chi connectivity index (χ1n) is 7.23. The second-order valence-corrected chi connectivity index (χ2v) is 6.18. The number of hydrogen-bond donors (Lipinski definition) is 2. The molecule has 1 heterocycles. The van der Waals surface area contributed by atoms with E-state index in [1.807, 2.05) is 24.3 Å². The standard InChI is InChI=1S/C17H19BO3/c1-17(2)10-9-14-11-13(5-8-16(14)21-17)12-3-6-15(7-4-12)18(19)20/h3-8,11,19-20H,9-10H2,1-2H3. The van der Waals surface area contributed by atoms with Crippen molar-refractivity contribution in [2.24, 2.45) is 0 Å². The predicted molar refractivity (Wildman–Crippen MR) is 84.7 cm³/mol. The van der Waals surface area contributed by atoms with Gasteiger partial charge in [0.25, 0.3) is 0 Å². The van der Waals surface area contributed by atoms with Crippen LogP contribution in [0.5, 0.6) is 5.75 Å². The van der Waals surface area contributed by atoms with Crippen molar-refractivity contribution in [2.75, 3.05) is 0 Å². The van der Waals surface area contributed by atoms with Crippen LogP contribution in [0.2, 0.25) is 0 Å². The summed E-state index contributed by atoms with van der Waals surface area (Å²) in [5.74, 6) is 0.970. The molecule has 0 atom stereocenters. The number of rotatable bonds is 2. The fourth-order valence-electron chi connectivity index (χ4n) is 2.69. The summed E-state index contributed by atoms with van der Waals surface area (Å²) in [6.07, 6.45) is 2.03. The van der Waals surface area contributed by atoms with E-state index in [0.717, 1.165) is 29.7 Å². The zero-order chi connectivity index (χ0) is 15.0. The molecule has 1 aliphatic rings. The largest absolute Gasteiger partial charge is 0.488 e. The van der Waals surface area contributed by atoms with Crippen LogP contribution >= 0.6 is 0 Å². The average Bonchev–Trinajstić information content (AvgIpc) is 2.46. The first kappa shape index (κ1) is 14.2. The van der Waals surface area contributed by atoms with Gasteiger partial charge in [0.15, 0.2) is 0 Å². The summed E-state index contributed by atoms with van der Waals surface area (Å²) in [5, 5.41) is 18.3. The lowest BCUT2D eigenvalue weighted by Gasteiger charge is -2.32. The monoisotopic (exact) mass is 282 g/mol. The summed E-state index contributed by atoms with van der Waals surface area (Å²) in [6, 6.07) is 13.5. The Balaban J connectivity index is 1.90. The molecule has 0 saturated carbocycles. The molecule has 0 spiro atoms. The van der Waals surface area contributed by atoms with E-state index in [0.29, 0.717) is 5.46 Å². The molecular formula is C17H19BO3. The van der Waals surface area contributed by atoms with Crippen molar-refractivity contribution in [3.8, 4) is 16.9 Å². The molecule has 108 valence electrons. The quantitative estimate of drug-likeness (QED) is 0.830. The van der Waals surface area contributed by atoms with Crippen LogP contribution in [0.3, 0.4) is 0 Å². The van der Waals surface area contributed by atoms with E-state index in [1.165, 1.54) is 5.56 Å². The molecule has 3 rings (SSSR count). The minimum atomic E-state index is -1.42. The summed E-state index contributed by atoms with van der Waals surface area (Å²) in [6.45, 7) is 4.23. The van der Waals surface area contributed by atoms with E-state index >= 15 is 0 Å². The number of fused-ring (bicyclic) bond motifs is 1. The van der Waals surface area contributed by atoms with Gasteiger partial charge in [0, 0.05) is 0 Å². The summed E-state index contributed by atoms with van der Waals surface area (Å²) in [4.78, 5) is 0. The van der Waals surface area contributed by atoms with E-state index < -0.39 is 7.12 Å². The fraction of sp³-hybridized carbons (Fsp3) is 0.294. The van der Waals surface area contributed by atoms with Gasteiger partial charge in [-0.05, 0) is 61.0 Å². The number of hydrogen-bond acceptors (Lipinski definition) is 3. The average molecular weight is 282 g/mol. The third-order valence-electron chi connectivity index (χ3n) is 3.99. The Morgan fingerprint density at radius 2 is 1.67 bits per heavy atom. The van der Waals surface area contributed by atoms with E-state index in [4.69, 9.17) is 14.8 Å². The molecule has 2 aromatic carbocycles. The Morgan fingerprint density at radius 1 is 1.00 bits per heavy atom. The maximum Gasteiger partial charge on any atom is 0.488 e. The molecule has 1 aliphatic heterocycles. The van der Waals surface area contributed by atoms with Crippen molar-refractivity contribution >= 4 is 12.6 Å². The van der Waals surface area contributed by atoms with Gasteiger partial charge in [-0.25, -0.2) is 0 Å². The topological polar surface area (TPSA) is 49.7 Å². The highest BCUT2D eigenvalue weighted by molar-refractivity contribution is 6.58. The van der Waals surface area contributed by atoms with Gasteiger partial charge in [0.05, 0.1) is 0 Å². The van der Waals surface area contributed by atoms with Crippen molar-refractivity contribution in [3.63, 3.8) is 0 Å². The molecular weight excluding hydrogens is 263 g/mol. The van der Waals surface area contributed by atoms with Crippen LogP contribution in [0.4, 0.5) is 0 Å². The molecule has 21 heavy (non-hydrogen) atoms. The van der Waals surface area contributed by atoms with Crippen LogP contribution in [0.1, 0.15) is 25.8 Å². The zero-order valence-electron chi connectivity index (χ0n) is 12.3. The Bertz CT molecular complexity index is 648. The van der Waals surface area contributed by atoms with E-state index in [9.17, 15) is 0 Å². The Labute approximate surface area is 125 Å². The van der Waals surface area contributed by atoms with Crippen molar-refractivity contribution in [3.05, 3.63) is 48.0 Å². The molecule has 0 fully saturated rings. The smallest absolute Gasteiger partial charge is 0.488 e. The molecule has 4 heteroatoms. The fourth-order valence-corrected chi connectivity index (χ4v) is 2.69. The van der Waals surface area contributed by atoms with E-state index in [2.05, 4.69) is 19.9 Å². The van der Waals surface area contributed by atoms with Crippen molar-refractivity contribution in [2.45, 2.75) is 32.3 Å². The highest BCUT2D eigenvalue weighted by Gasteiger charge is 2.26. The van der Waals surface area contributed by atoms with Crippen LogP contribution in [0.15, 0.2) is 42.5 Å². The van der Waals surface area contributed by atoms with Gasteiger partial charge in [-0.3, -0.25) is 0 Å². The lowest BCUT2D eigenvalue weighted by Crippen LogP contribution is -2.32. The summed E-state index contributed by atoms with van der Waals surface area (Å²) in [5.41, 5.74) is 3.83. The third-order valence-corrected chi connectivity index (χ3v) is 3.99. The molecule has 0 unspecified atom stereocenters. The minimum Gasteiger partial charge on any atom is -0.488 e. The van der Waals surface area contributed by atoms with Gasteiger partial charge in [-0.1, -0.05) is 30.3 Å². The van der Waals surface area contributed by atoms with Crippen LogP contribution in [-0.2, 0) is 6.42 Å². The van der Waals surface area contributed by atoms with Gasteiger partial charge >= 0.3 is 7.12 Å². The van der Waals surface area contributed by atoms with Gasteiger partial charge < -0.3 is 14.8 Å². The lowest BCUT2D eigenvalue weighted by molar-refractivity contribution is 0.0847. The molecule has 0 radical (unpaired) electrons.